The molecule has 3 N–H and O–H groups in total. The molecule has 1 fully saturated rings. The van der Waals surface area contributed by atoms with Crippen LogP contribution in [0.2, 0.25) is 5.02 Å². The number of likely N-dealkylation sites (N-methyl/N-ethyl adjacent to an activating group) is 1. The number of nitrogens with zero attached hydrogens (tertiary/aromatic N) is 3. The molecule has 2 rings (SSSR count). The lowest BCUT2D eigenvalue weighted by atomic mass is 9.79. The number of aliphatic hydroxyl groups is 1. The zero-order valence-corrected chi connectivity index (χ0v) is 19.9. The Morgan fingerprint density at radius 1 is 1.13 bits per heavy atom. The minimum atomic E-state index is 0.0837. The minimum Gasteiger partial charge on any atom is -0.396 e. The molecule has 0 bridgehead atoms. The number of hydrogen-bond acceptors (Lipinski definition) is 4. The van der Waals surface area contributed by atoms with Crippen molar-refractivity contribution >= 4 is 23.2 Å². The predicted octanol–water partition coefficient (Wildman–Crippen LogP) is 3.34. The molecule has 0 aromatic heterocycles. The first-order valence-electron chi connectivity index (χ1n) is 11.3. The molecule has 1 aromatic rings. The first-order chi connectivity index (χ1) is 14.5. The van der Waals surface area contributed by atoms with Crippen LogP contribution in [0, 0.1) is 5.41 Å². The summed E-state index contributed by atoms with van der Waals surface area (Å²) in [4.78, 5) is 9.62. The number of piperazine rings is 1. The lowest BCUT2D eigenvalue weighted by Gasteiger charge is -2.35. The maximum Gasteiger partial charge on any atom is 0.191 e. The third-order valence-corrected chi connectivity index (χ3v) is 6.80. The Morgan fingerprint density at radius 3 is 2.43 bits per heavy atom. The smallest absolute Gasteiger partial charge is 0.191 e. The highest BCUT2D eigenvalue weighted by atomic mass is 35.5. The largest absolute Gasteiger partial charge is 0.396 e. The van der Waals surface area contributed by atoms with Crippen LogP contribution in [0.5, 0.6) is 0 Å². The van der Waals surface area contributed by atoms with Gasteiger partial charge in [0.1, 0.15) is 0 Å². The van der Waals surface area contributed by atoms with Gasteiger partial charge in [0.2, 0.25) is 0 Å². The molecule has 0 amide bonds. The summed E-state index contributed by atoms with van der Waals surface area (Å²) in [6, 6.07) is 6.13. The first-order valence-corrected chi connectivity index (χ1v) is 11.7. The molecule has 7 heteroatoms. The van der Waals surface area contributed by atoms with Gasteiger partial charge < -0.3 is 25.5 Å². The SMILES string of the molecule is CCNC(=NCc1c(Cl)cccc1N1CCN(C)CC1)NCC(CC)(CC)CCO. The van der Waals surface area contributed by atoms with Crippen LogP contribution in [0.25, 0.3) is 0 Å². The van der Waals surface area contributed by atoms with Gasteiger partial charge in [-0.25, -0.2) is 4.99 Å². The monoisotopic (exact) mass is 437 g/mol. The molecule has 1 saturated heterocycles. The summed E-state index contributed by atoms with van der Waals surface area (Å²) in [5, 5.41) is 17.1. The Morgan fingerprint density at radius 2 is 1.83 bits per heavy atom. The average molecular weight is 438 g/mol. The van der Waals surface area contributed by atoms with E-state index >= 15 is 0 Å². The van der Waals surface area contributed by atoms with E-state index in [1.807, 2.05) is 12.1 Å². The van der Waals surface area contributed by atoms with Gasteiger partial charge in [0, 0.05) is 62.1 Å². The summed E-state index contributed by atoms with van der Waals surface area (Å²) in [5.74, 6) is 0.797. The Labute approximate surface area is 187 Å². The molecule has 0 aliphatic carbocycles. The van der Waals surface area contributed by atoms with Gasteiger partial charge in [-0.2, -0.15) is 0 Å². The van der Waals surface area contributed by atoms with Gasteiger partial charge in [-0.15, -0.1) is 0 Å². The molecule has 1 aliphatic rings. The number of anilines is 1. The second-order valence-corrected chi connectivity index (χ2v) is 8.66. The zero-order valence-electron chi connectivity index (χ0n) is 19.2. The number of benzene rings is 1. The maximum atomic E-state index is 9.49. The highest BCUT2D eigenvalue weighted by Crippen LogP contribution is 2.30. The van der Waals surface area contributed by atoms with E-state index in [0.717, 1.165) is 75.1 Å². The summed E-state index contributed by atoms with van der Waals surface area (Å²) < 4.78 is 0. The van der Waals surface area contributed by atoms with Crippen LogP contribution >= 0.6 is 11.6 Å². The van der Waals surface area contributed by atoms with Crippen LogP contribution in [-0.4, -0.2) is 68.9 Å². The van der Waals surface area contributed by atoms with E-state index < -0.39 is 0 Å². The molecule has 0 unspecified atom stereocenters. The molecular weight excluding hydrogens is 398 g/mol. The van der Waals surface area contributed by atoms with Gasteiger partial charge in [0.15, 0.2) is 5.96 Å². The summed E-state index contributed by atoms with van der Waals surface area (Å²) in [7, 11) is 2.16. The highest BCUT2D eigenvalue weighted by Gasteiger charge is 2.26. The van der Waals surface area contributed by atoms with Crippen molar-refractivity contribution in [2.75, 3.05) is 57.8 Å². The molecule has 6 nitrogen and oxygen atoms in total. The van der Waals surface area contributed by atoms with Crippen molar-refractivity contribution in [2.45, 2.75) is 46.6 Å². The molecule has 1 aromatic carbocycles. The third-order valence-electron chi connectivity index (χ3n) is 6.45. The Hall–Kier alpha value is -1.50. The molecule has 1 heterocycles. The van der Waals surface area contributed by atoms with Crippen LogP contribution < -0.4 is 15.5 Å². The molecule has 0 spiro atoms. The predicted molar refractivity (Wildman–Crippen MR) is 129 cm³/mol. The van der Waals surface area contributed by atoms with Crippen molar-refractivity contribution in [2.24, 2.45) is 10.4 Å². The standard InChI is InChI=1S/C23H40ClN5O/c1-5-23(6-2,11-16-30)18-27-22(25-7-3)26-17-19-20(24)9-8-10-21(19)29-14-12-28(4)13-15-29/h8-10,30H,5-7,11-18H2,1-4H3,(H2,25,26,27). The Bertz CT molecular complexity index is 670. The first kappa shape index (κ1) is 24.8. The van der Waals surface area contributed by atoms with Gasteiger partial charge in [-0.1, -0.05) is 31.5 Å². The minimum absolute atomic E-state index is 0.0837. The van der Waals surface area contributed by atoms with Gasteiger partial charge >= 0.3 is 0 Å². The fourth-order valence-electron chi connectivity index (χ4n) is 4.00. The van der Waals surface area contributed by atoms with Gasteiger partial charge in [0.05, 0.1) is 6.54 Å². The van der Waals surface area contributed by atoms with Crippen molar-refractivity contribution < 1.29 is 5.11 Å². The van der Waals surface area contributed by atoms with E-state index in [1.165, 1.54) is 5.69 Å². The fraction of sp³-hybridized carbons (Fsp3) is 0.696. The van der Waals surface area contributed by atoms with Gasteiger partial charge in [0.25, 0.3) is 0 Å². The van der Waals surface area contributed by atoms with Crippen LogP contribution in [0.15, 0.2) is 23.2 Å². The summed E-state index contributed by atoms with van der Waals surface area (Å²) >= 11 is 6.60. The molecular formula is C23H40ClN5O. The normalized spacial score (nSPS) is 16.1. The average Bonchev–Trinajstić information content (AvgIpc) is 2.76. The summed E-state index contributed by atoms with van der Waals surface area (Å²) in [5.41, 5.74) is 2.35. The lowest BCUT2D eigenvalue weighted by Crippen LogP contribution is -2.45. The number of nitrogens with one attached hydrogen (secondary N) is 2. The van der Waals surface area contributed by atoms with Gasteiger partial charge in [-0.05, 0) is 50.8 Å². The Kier molecular flexibility index (Phi) is 10.2. The lowest BCUT2D eigenvalue weighted by molar-refractivity contribution is 0.169. The number of halogens is 1. The summed E-state index contributed by atoms with van der Waals surface area (Å²) in [6.07, 6.45) is 2.84. The van der Waals surface area contributed by atoms with Crippen LogP contribution in [0.3, 0.4) is 0 Å². The number of aliphatic imine (C=N–C) groups is 1. The second kappa shape index (κ2) is 12.4. The highest BCUT2D eigenvalue weighted by molar-refractivity contribution is 6.31. The fourth-order valence-corrected chi connectivity index (χ4v) is 4.23. The number of rotatable bonds is 10. The van der Waals surface area contributed by atoms with Crippen molar-refractivity contribution in [3.8, 4) is 0 Å². The second-order valence-electron chi connectivity index (χ2n) is 8.26. The molecule has 170 valence electrons. The van der Waals surface area contributed by atoms with Crippen molar-refractivity contribution in [3.05, 3.63) is 28.8 Å². The van der Waals surface area contributed by atoms with Crippen molar-refractivity contribution in [3.63, 3.8) is 0 Å². The molecule has 30 heavy (non-hydrogen) atoms. The quantitative estimate of drug-likeness (QED) is 0.387. The van der Waals surface area contributed by atoms with Crippen LogP contribution in [0.4, 0.5) is 5.69 Å². The third kappa shape index (κ3) is 6.76. The number of hydrogen-bond donors (Lipinski definition) is 3. The van der Waals surface area contributed by atoms with Gasteiger partial charge in [-0.3, -0.25) is 0 Å². The molecule has 0 radical (unpaired) electrons. The van der Waals surface area contributed by atoms with Crippen molar-refractivity contribution in [1.82, 2.24) is 15.5 Å². The zero-order chi connectivity index (χ0) is 22.0. The molecule has 0 atom stereocenters. The Balaban J connectivity index is 2.16. The van der Waals surface area contributed by atoms with E-state index in [1.54, 1.807) is 0 Å². The van der Waals surface area contributed by atoms with Crippen LogP contribution in [-0.2, 0) is 6.54 Å². The van der Waals surface area contributed by atoms with E-state index in [0.29, 0.717) is 6.54 Å². The van der Waals surface area contributed by atoms with E-state index in [4.69, 9.17) is 16.6 Å². The molecule has 0 saturated carbocycles. The summed E-state index contributed by atoms with van der Waals surface area (Å²) in [6.45, 7) is 12.9. The van der Waals surface area contributed by atoms with E-state index in [9.17, 15) is 5.11 Å². The number of aliphatic hydroxyl groups excluding tert-OH is 1. The topological polar surface area (TPSA) is 63.1 Å². The van der Waals surface area contributed by atoms with E-state index in [-0.39, 0.29) is 12.0 Å². The van der Waals surface area contributed by atoms with Crippen LogP contribution in [0.1, 0.15) is 45.6 Å². The van der Waals surface area contributed by atoms with E-state index in [2.05, 4.69) is 54.3 Å². The number of guanidine groups is 1. The maximum absolute atomic E-state index is 9.49. The molecule has 1 aliphatic heterocycles. The van der Waals surface area contributed by atoms with Crippen molar-refractivity contribution in [1.29, 1.82) is 0 Å².